The fourth-order valence-corrected chi connectivity index (χ4v) is 2.86. The van der Waals surface area contributed by atoms with E-state index in [1.807, 2.05) is 42.5 Å². The number of guanidine groups is 1. The number of para-hydroxylation sites is 1. The number of aromatic nitrogens is 1. The van der Waals surface area contributed by atoms with Gasteiger partial charge in [-0.2, -0.15) is 0 Å². The first-order chi connectivity index (χ1) is 13.2. The Labute approximate surface area is 158 Å². The maximum Gasteiger partial charge on any atom is 0.218 e. The summed E-state index contributed by atoms with van der Waals surface area (Å²) in [6.07, 6.45) is 4.09. The third-order valence-electron chi connectivity index (χ3n) is 4.47. The van der Waals surface area contributed by atoms with E-state index in [2.05, 4.69) is 27.2 Å². The fourth-order valence-electron chi connectivity index (χ4n) is 2.86. The summed E-state index contributed by atoms with van der Waals surface area (Å²) >= 11 is 0. The Hall–Kier alpha value is -3.28. The lowest BCUT2D eigenvalue weighted by atomic mass is 9.97. The number of hydrogen-bond acceptors (Lipinski definition) is 4. The zero-order valence-corrected chi connectivity index (χ0v) is 15.3. The molecule has 1 aromatic carbocycles. The first-order valence-corrected chi connectivity index (χ1v) is 9.08. The van der Waals surface area contributed by atoms with Crippen LogP contribution in [-0.2, 0) is 6.54 Å². The minimum atomic E-state index is 0.468. The molecule has 1 saturated carbocycles. The molecule has 4 rings (SSSR count). The van der Waals surface area contributed by atoms with E-state index < -0.39 is 0 Å². The molecule has 0 amide bonds. The SMILES string of the molecule is C=C1/C(=N\C(=N/C)NCc2ccccn2)C(NC2CC2)=Nc2ccccc21. The van der Waals surface area contributed by atoms with E-state index in [9.17, 15) is 0 Å². The zero-order chi connectivity index (χ0) is 18.6. The van der Waals surface area contributed by atoms with Crippen LogP contribution in [0.3, 0.4) is 0 Å². The minimum Gasteiger partial charge on any atom is -0.366 e. The van der Waals surface area contributed by atoms with Crippen molar-refractivity contribution in [1.29, 1.82) is 0 Å². The number of amidine groups is 1. The fraction of sp³-hybridized carbons (Fsp3) is 0.238. The van der Waals surface area contributed by atoms with E-state index in [1.54, 1.807) is 13.2 Å². The summed E-state index contributed by atoms with van der Waals surface area (Å²) in [6, 6.07) is 14.3. The van der Waals surface area contributed by atoms with Crippen molar-refractivity contribution in [1.82, 2.24) is 15.6 Å². The molecule has 2 N–H and O–H groups in total. The van der Waals surface area contributed by atoms with Crippen LogP contribution in [0.4, 0.5) is 5.69 Å². The quantitative estimate of drug-likeness (QED) is 0.654. The van der Waals surface area contributed by atoms with Gasteiger partial charge in [0.2, 0.25) is 5.96 Å². The second kappa shape index (κ2) is 7.53. The predicted octanol–water partition coefficient (Wildman–Crippen LogP) is 3.11. The van der Waals surface area contributed by atoms with Gasteiger partial charge in [-0.1, -0.05) is 30.8 Å². The molecular weight excluding hydrogens is 336 g/mol. The van der Waals surface area contributed by atoms with Crippen molar-refractivity contribution in [3.63, 3.8) is 0 Å². The van der Waals surface area contributed by atoms with E-state index in [0.29, 0.717) is 18.5 Å². The van der Waals surface area contributed by atoms with Gasteiger partial charge in [-0.25, -0.2) is 9.98 Å². The standard InChI is InChI=1S/C21H22N6/c1-14-17-8-3-4-9-18(17)26-20(25-15-10-11-15)19(14)27-21(22-2)24-13-16-7-5-6-12-23-16/h3-9,12,15H,1,10-11,13H2,2H3,(H,22,24)(H,25,26)/b27-19+. The number of rotatable bonds is 3. The highest BCUT2D eigenvalue weighted by atomic mass is 15.2. The van der Waals surface area contributed by atoms with E-state index in [4.69, 9.17) is 9.98 Å². The van der Waals surface area contributed by atoms with E-state index in [1.165, 1.54) is 0 Å². The highest BCUT2D eigenvalue weighted by Gasteiger charge is 2.29. The van der Waals surface area contributed by atoms with E-state index >= 15 is 0 Å². The second-order valence-electron chi connectivity index (χ2n) is 6.56. The van der Waals surface area contributed by atoms with Gasteiger partial charge in [-0.15, -0.1) is 0 Å². The van der Waals surface area contributed by atoms with Gasteiger partial charge >= 0.3 is 0 Å². The van der Waals surface area contributed by atoms with Gasteiger partial charge < -0.3 is 10.6 Å². The first kappa shape index (κ1) is 17.1. The van der Waals surface area contributed by atoms with Gasteiger partial charge in [-0.05, 0) is 31.0 Å². The number of nitrogens with zero attached hydrogens (tertiary/aromatic N) is 4. The predicted molar refractivity (Wildman–Crippen MR) is 111 cm³/mol. The molecule has 1 aromatic heterocycles. The number of hydrogen-bond donors (Lipinski definition) is 2. The molecule has 0 saturated heterocycles. The Kier molecular flexibility index (Phi) is 4.78. The van der Waals surface area contributed by atoms with Crippen molar-refractivity contribution in [3.05, 3.63) is 66.5 Å². The van der Waals surface area contributed by atoms with Crippen LogP contribution in [0.2, 0.25) is 0 Å². The molecule has 136 valence electrons. The Morgan fingerprint density at radius 2 is 2.00 bits per heavy atom. The molecular formula is C21H22N6. The van der Waals surface area contributed by atoms with Crippen LogP contribution in [0.1, 0.15) is 24.1 Å². The molecule has 2 heterocycles. The molecule has 1 aliphatic carbocycles. The van der Waals surface area contributed by atoms with Crippen LogP contribution in [0.5, 0.6) is 0 Å². The average molecular weight is 358 g/mol. The molecule has 2 aromatic rings. The average Bonchev–Trinajstić information content (AvgIpc) is 3.52. The molecule has 6 heteroatoms. The number of fused-ring (bicyclic) bond motifs is 1. The largest absolute Gasteiger partial charge is 0.366 e. The first-order valence-electron chi connectivity index (χ1n) is 9.08. The molecule has 0 bridgehead atoms. The smallest absolute Gasteiger partial charge is 0.218 e. The van der Waals surface area contributed by atoms with Crippen LogP contribution < -0.4 is 10.6 Å². The zero-order valence-electron chi connectivity index (χ0n) is 15.3. The molecule has 0 radical (unpaired) electrons. The lowest BCUT2D eigenvalue weighted by Crippen LogP contribution is -2.36. The Morgan fingerprint density at radius 1 is 1.19 bits per heavy atom. The van der Waals surface area contributed by atoms with Crippen molar-refractivity contribution in [3.8, 4) is 0 Å². The molecule has 1 aliphatic heterocycles. The second-order valence-corrected chi connectivity index (χ2v) is 6.56. The van der Waals surface area contributed by atoms with Crippen molar-refractivity contribution < 1.29 is 0 Å². The summed E-state index contributed by atoms with van der Waals surface area (Å²) in [6.45, 7) is 4.83. The van der Waals surface area contributed by atoms with Crippen molar-refractivity contribution >= 4 is 28.8 Å². The summed E-state index contributed by atoms with van der Waals surface area (Å²) in [5, 5.41) is 6.72. The van der Waals surface area contributed by atoms with Crippen molar-refractivity contribution in [2.45, 2.75) is 25.4 Å². The molecule has 0 unspecified atom stereocenters. The highest BCUT2D eigenvalue weighted by Crippen LogP contribution is 2.32. The van der Waals surface area contributed by atoms with E-state index in [-0.39, 0.29) is 0 Å². The monoisotopic (exact) mass is 358 g/mol. The van der Waals surface area contributed by atoms with Crippen LogP contribution in [0.25, 0.3) is 5.57 Å². The molecule has 1 fully saturated rings. The third-order valence-corrected chi connectivity index (χ3v) is 4.47. The summed E-state index contributed by atoms with van der Waals surface area (Å²) in [5.74, 6) is 1.29. The topological polar surface area (TPSA) is 74.0 Å². The number of nitrogens with one attached hydrogen (secondary N) is 2. The molecule has 2 aliphatic rings. The summed E-state index contributed by atoms with van der Waals surface area (Å²) < 4.78 is 0. The Bertz CT molecular complexity index is 938. The normalized spacial score (nSPS) is 18.1. The molecule has 0 spiro atoms. The lowest BCUT2D eigenvalue weighted by molar-refractivity contribution is 0.863. The molecule has 6 nitrogen and oxygen atoms in total. The number of benzene rings is 1. The van der Waals surface area contributed by atoms with Crippen molar-refractivity contribution in [2.24, 2.45) is 15.0 Å². The van der Waals surface area contributed by atoms with Gasteiger partial charge in [0.05, 0.1) is 17.9 Å². The molecule has 0 atom stereocenters. The van der Waals surface area contributed by atoms with Crippen molar-refractivity contribution in [2.75, 3.05) is 7.05 Å². The van der Waals surface area contributed by atoms with Gasteiger partial charge in [0, 0.05) is 30.4 Å². The number of pyridine rings is 1. The lowest BCUT2D eigenvalue weighted by Gasteiger charge is -2.21. The molecule has 27 heavy (non-hydrogen) atoms. The van der Waals surface area contributed by atoms with E-state index in [0.717, 1.165) is 46.9 Å². The maximum absolute atomic E-state index is 4.78. The highest BCUT2D eigenvalue weighted by molar-refractivity contribution is 6.60. The summed E-state index contributed by atoms with van der Waals surface area (Å²) in [7, 11) is 1.72. The van der Waals surface area contributed by atoms with Crippen LogP contribution >= 0.6 is 0 Å². The van der Waals surface area contributed by atoms with Gasteiger partial charge in [0.25, 0.3) is 0 Å². The third kappa shape index (κ3) is 3.95. The van der Waals surface area contributed by atoms with Gasteiger partial charge in [0.15, 0.2) is 5.84 Å². The summed E-state index contributed by atoms with van der Waals surface area (Å²) in [5.41, 5.74) is 4.43. The maximum atomic E-state index is 4.78. The van der Waals surface area contributed by atoms with Crippen LogP contribution in [0.15, 0.2) is 70.2 Å². The van der Waals surface area contributed by atoms with Gasteiger partial charge in [-0.3, -0.25) is 9.98 Å². The number of aliphatic imine (C=N–C) groups is 3. The van der Waals surface area contributed by atoms with Gasteiger partial charge in [0.1, 0.15) is 5.71 Å². The van der Waals surface area contributed by atoms with Crippen LogP contribution in [-0.4, -0.2) is 35.6 Å². The van der Waals surface area contributed by atoms with Crippen LogP contribution in [0, 0.1) is 0 Å². The Balaban J connectivity index is 1.61. The Morgan fingerprint density at radius 3 is 2.74 bits per heavy atom. The minimum absolute atomic E-state index is 0.468. The summed E-state index contributed by atoms with van der Waals surface area (Å²) in [4.78, 5) is 18.1.